The first-order valence-corrected chi connectivity index (χ1v) is 13.3. The number of ether oxygens (including phenoxy) is 2. The lowest BCUT2D eigenvalue weighted by atomic mass is 9.73. The topological polar surface area (TPSA) is 92.1 Å². The van der Waals surface area contributed by atoms with E-state index in [0.717, 1.165) is 42.3 Å². The van der Waals surface area contributed by atoms with Crippen LogP contribution < -0.4 is 9.47 Å². The molecule has 0 spiro atoms. The van der Waals surface area contributed by atoms with Crippen molar-refractivity contribution >= 4 is 16.9 Å². The van der Waals surface area contributed by atoms with Crippen LogP contribution in [0, 0.1) is 17.7 Å². The average molecular weight is 523 g/mol. The molecule has 0 unspecified atom stereocenters. The van der Waals surface area contributed by atoms with Gasteiger partial charge in [0.25, 0.3) is 0 Å². The standard InChI is InChI=1S/C30H35FN2O5/c1-37-21-5-7-28-25(15-21)24(9-11-32-28)29(34)8-3-18-10-12-33(17-26(18)30(35)36)20-13-19(14-20)23-6-4-22(38-2)16-27(23)31/h4-7,9,11,15-16,18-20,26,29,34H,3,8,10,12-14,17H2,1-2H3,(H,35,36)/t18-,19?,20?,26+,29+/m1/s1. The Kier molecular flexibility index (Phi) is 7.81. The third-order valence-electron chi connectivity index (χ3n) is 8.53. The van der Waals surface area contributed by atoms with E-state index in [1.165, 1.54) is 13.2 Å². The van der Waals surface area contributed by atoms with Crippen LogP contribution in [0.4, 0.5) is 4.39 Å². The molecule has 2 aromatic carbocycles. The van der Waals surface area contributed by atoms with Crippen LogP contribution in [0.15, 0.2) is 48.7 Å². The predicted octanol–water partition coefficient (Wildman–Crippen LogP) is 5.17. The SMILES string of the molecule is COc1ccc(C2CC(N3CC[C@@H](CC[C@H](O)c4ccnc5ccc(OC)cc45)[C@@H](C(=O)O)C3)C2)c(F)c1. The van der Waals surface area contributed by atoms with E-state index in [2.05, 4.69) is 9.88 Å². The summed E-state index contributed by atoms with van der Waals surface area (Å²) in [5.41, 5.74) is 2.28. The van der Waals surface area contributed by atoms with Crippen LogP contribution in [0.1, 0.15) is 55.3 Å². The number of likely N-dealkylation sites (tertiary alicyclic amines) is 1. The van der Waals surface area contributed by atoms with Gasteiger partial charge in [-0.15, -0.1) is 0 Å². The molecule has 8 heteroatoms. The summed E-state index contributed by atoms with van der Waals surface area (Å²) < 4.78 is 24.9. The monoisotopic (exact) mass is 522 g/mol. The molecule has 2 aliphatic rings. The number of aromatic nitrogens is 1. The maximum Gasteiger partial charge on any atom is 0.308 e. The zero-order chi connectivity index (χ0) is 26.8. The quantitative estimate of drug-likeness (QED) is 0.400. The molecule has 38 heavy (non-hydrogen) atoms. The van der Waals surface area contributed by atoms with Gasteiger partial charge >= 0.3 is 5.97 Å². The van der Waals surface area contributed by atoms with Gasteiger partial charge in [0.1, 0.15) is 17.3 Å². The molecule has 0 radical (unpaired) electrons. The number of carboxylic acids is 1. The molecule has 3 atom stereocenters. The molecule has 1 saturated carbocycles. The molecular formula is C30H35FN2O5. The van der Waals surface area contributed by atoms with Crippen molar-refractivity contribution in [3.8, 4) is 11.5 Å². The van der Waals surface area contributed by atoms with E-state index in [0.29, 0.717) is 36.4 Å². The number of piperidine rings is 1. The molecule has 0 amide bonds. The molecule has 2 fully saturated rings. The normalized spacial score (nSPS) is 24.5. The van der Waals surface area contributed by atoms with E-state index >= 15 is 0 Å². The molecule has 5 rings (SSSR count). The fourth-order valence-electron chi connectivity index (χ4n) is 6.18. The summed E-state index contributed by atoms with van der Waals surface area (Å²) in [4.78, 5) is 18.9. The number of aliphatic hydroxyl groups excluding tert-OH is 1. The Balaban J connectivity index is 1.19. The molecule has 1 aromatic heterocycles. The number of fused-ring (bicyclic) bond motifs is 1. The third-order valence-corrected chi connectivity index (χ3v) is 8.53. The minimum absolute atomic E-state index is 0.00376. The van der Waals surface area contributed by atoms with Gasteiger partial charge in [-0.05, 0) is 91.9 Å². The van der Waals surface area contributed by atoms with Crippen molar-refractivity contribution < 1.29 is 28.9 Å². The number of rotatable bonds is 9. The maximum atomic E-state index is 14.5. The van der Waals surface area contributed by atoms with E-state index in [-0.39, 0.29) is 23.7 Å². The Morgan fingerprint density at radius 1 is 1.13 bits per heavy atom. The number of aliphatic hydroxyl groups is 1. The van der Waals surface area contributed by atoms with Gasteiger partial charge in [-0.2, -0.15) is 0 Å². The van der Waals surface area contributed by atoms with Crippen molar-refractivity contribution in [2.24, 2.45) is 11.8 Å². The number of carbonyl (C=O) groups is 1. The number of methoxy groups -OCH3 is 2. The average Bonchev–Trinajstić information content (AvgIpc) is 2.91. The second kappa shape index (κ2) is 11.3. The molecule has 1 aliphatic carbocycles. The molecule has 7 nitrogen and oxygen atoms in total. The van der Waals surface area contributed by atoms with E-state index in [1.54, 1.807) is 25.4 Å². The van der Waals surface area contributed by atoms with Gasteiger partial charge in [-0.3, -0.25) is 14.7 Å². The lowest BCUT2D eigenvalue weighted by Crippen LogP contribution is -2.52. The first-order valence-electron chi connectivity index (χ1n) is 13.3. The Morgan fingerprint density at radius 3 is 2.58 bits per heavy atom. The van der Waals surface area contributed by atoms with Gasteiger partial charge in [0.15, 0.2) is 0 Å². The number of pyridine rings is 1. The largest absolute Gasteiger partial charge is 0.497 e. The summed E-state index contributed by atoms with van der Waals surface area (Å²) >= 11 is 0. The zero-order valence-electron chi connectivity index (χ0n) is 21.8. The van der Waals surface area contributed by atoms with E-state index in [4.69, 9.17) is 9.47 Å². The summed E-state index contributed by atoms with van der Waals surface area (Å²) in [5, 5.41) is 21.9. The van der Waals surface area contributed by atoms with Gasteiger partial charge in [0.2, 0.25) is 0 Å². The van der Waals surface area contributed by atoms with Crippen LogP contribution in [0.3, 0.4) is 0 Å². The Morgan fingerprint density at radius 2 is 1.87 bits per heavy atom. The van der Waals surface area contributed by atoms with E-state index in [9.17, 15) is 19.4 Å². The molecule has 1 aliphatic heterocycles. The van der Waals surface area contributed by atoms with Crippen molar-refractivity contribution in [3.63, 3.8) is 0 Å². The Labute approximate surface area is 222 Å². The summed E-state index contributed by atoms with van der Waals surface area (Å²) in [6, 6.07) is 12.7. The van der Waals surface area contributed by atoms with Gasteiger partial charge in [-0.25, -0.2) is 4.39 Å². The fraction of sp³-hybridized carbons (Fsp3) is 0.467. The van der Waals surface area contributed by atoms with E-state index in [1.807, 2.05) is 24.3 Å². The smallest absolute Gasteiger partial charge is 0.308 e. The molecule has 2 N–H and O–H groups in total. The summed E-state index contributed by atoms with van der Waals surface area (Å²) in [5.74, 6) is -0.159. The number of nitrogens with zero attached hydrogens (tertiary/aromatic N) is 2. The van der Waals surface area contributed by atoms with Crippen LogP contribution in [0.25, 0.3) is 10.9 Å². The highest BCUT2D eigenvalue weighted by molar-refractivity contribution is 5.83. The highest BCUT2D eigenvalue weighted by atomic mass is 19.1. The van der Waals surface area contributed by atoms with Crippen LogP contribution in [-0.4, -0.2) is 59.4 Å². The number of aliphatic carboxylic acids is 1. The van der Waals surface area contributed by atoms with Gasteiger partial charge < -0.3 is 19.7 Å². The zero-order valence-corrected chi connectivity index (χ0v) is 21.8. The number of benzene rings is 2. The Bertz CT molecular complexity index is 1290. The van der Waals surface area contributed by atoms with Crippen molar-refractivity contribution in [1.82, 2.24) is 9.88 Å². The Hall–Kier alpha value is -3.23. The summed E-state index contributed by atoms with van der Waals surface area (Å²) in [6.45, 7) is 1.32. The highest BCUT2D eigenvalue weighted by Gasteiger charge is 2.41. The minimum atomic E-state index is -0.787. The van der Waals surface area contributed by atoms with Crippen LogP contribution in [0.2, 0.25) is 0 Å². The maximum absolute atomic E-state index is 14.5. The molecule has 0 bridgehead atoms. The molecule has 2 heterocycles. The second-order valence-electron chi connectivity index (χ2n) is 10.6. The fourth-order valence-corrected chi connectivity index (χ4v) is 6.18. The van der Waals surface area contributed by atoms with Crippen molar-refractivity contribution in [2.75, 3.05) is 27.3 Å². The van der Waals surface area contributed by atoms with E-state index < -0.39 is 18.0 Å². The van der Waals surface area contributed by atoms with Crippen molar-refractivity contribution in [1.29, 1.82) is 0 Å². The van der Waals surface area contributed by atoms with Crippen LogP contribution in [0.5, 0.6) is 11.5 Å². The number of halogens is 1. The van der Waals surface area contributed by atoms with Crippen LogP contribution in [-0.2, 0) is 4.79 Å². The lowest BCUT2D eigenvalue weighted by Gasteiger charge is -2.47. The highest BCUT2D eigenvalue weighted by Crippen LogP contribution is 2.43. The predicted molar refractivity (Wildman–Crippen MR) is 142 cm³/mol. The lowest BCUT2D eigenvalue weighted by molar-refractivity contribution is -0.147. The molecule has 3 aromatic rings. The van der Waals surface area contributed by atoms with Gasteiger partial charge in [0.05, 0.1) is 31.8 Å². The molecular weight excluding hydrogens is 487 g/mol. The van der Waals surface area contributed by atoms with Crippen molar-refractivity contribution in [2.45, 2.75) is 50.2 Å². The first kappa shape index (κ1) is 26.4. The molecule has 1 saturated heterocycles. The summed E-state index contributed by atoms with van der Waals surface area (Å²) in [6.07, 6.45) is 4.51. The number of hydrogen-bond acceptors (Lipinski definition) is 6. The number of hydrogen-bond donors (Lipinski definition) is 2. The number of carboxylic acid groups (broad SMARTS) is 1. The third kappa shape index (κ3) is 5.33. The minimum Gasteiger partial charge on any atom is -0.497 e. The second-order valence-corrected chi connectivity index (χ2v) is 10.6. The van der Waals surface area contributed by atoms with Crippen molar-refractivity contribution in [3.05, 3.63) is 65.6 Å². The van der Waals surface area contributed by atoms with Gasteiger partial charge in [0, 0.05) is 30.2 Å². The van der Waals surface area contributed by atoms with Crippen LogP contribution >= 0.6 is 0 Å². The van der Waals surface area contributed by atoms with Gasteiger partial charge in [-0.1, -0.05) is 6.07 Å². The summed E-state index contributed by atoms with van der Waals surface area (Å²) in [7, 11) is 3.13. The first-order chi connectivity index (χ1) is 18.4. The molecule has 202 valence electrons.